The number of rotatable bonds is 10. The fourth-order valence-corrected chi connectivity index (χ4v) is 2.99. The molecule has 0 aliphatic carbocycles. The molecule has 0 aromatic carbocycles. The maximum absolute atomic E-state index is 12.0. The molecule has 6 heteroatoms. The second kappa shape index (κ2) is 8.89. The van der Waals surface area contributed by atoms with Crippen LogP contribution in [0.5, 0.6) is 0 Å². The van der Waals surface area contributed by atoms with Crippen molar-refractivity contribution in [3.63, 3.8) is 0 Å². The molecule has 0 rings (SSSR count). The lowest BCUT2D eigenvalue weighted by Crippen LogP contribution is -2.43. The van der Waals surface area contributed by atoms with Crippen LogP contribution >= 0.6 is 0 Å². The van der Waals surface area contributed by atoms with Gasteiger partial charge in [-0.3, -0.25) is 0 Å². The van der Waals surface area contributed by atoms with Gasteiger partial charge in [0, 0.05) is 12.6 Å². The second-order valence-electron chi connectivity index (χ2n) is 5.94. The summed E-state index contributed by atoms with van der Waals surface area (Å²) >= 11 is 0. The Morgan fingerprint density at radius 3 is 2.16 bits per heavy atom. The summed E-state index contributed by atoms with van der Waals surface area (Å²) in [5.41, 5.74) is 0. The Bertz CT molecular complexity index is 317. The number of nitrogens with zero attached hydrogens (tertiary/aromatic N) is 1. The lowest BCUT2D eigenvalue weighted by atomic mass is 10.0. The minimum absolute atomic E-state index is 0.0210. The molecule has 0 aliphatic rings. The van der Waals surface area contributed by atoms with Gasteiger partial charge in [-0.2, -0.15) is 0 Å². The monoisotopic (exact) mass is 294 g/mol. The third-order valence-electron chi connectivity index (χ3n) is 2.49. The molecule has 0 amide bonds. The lowest BCUT2D eigenvalue weighted by Gasteiger charge is -2.23. The molecule has 19 heavy (non-hydrogen) atoms. The highest BCUT2D eigenvalue weighted by Gasteiger charge is 2.19. The van der Waals surface area contributed by atoms with Gasteiger partial charge in [-0.05, 0) is 40.3 Å². The molecule has 0 radical (unpaired) electrons. The van der Waals surface area contributed by atoms with Crippen molar-refractivity contribution in [2.75, 3.05) is 33.0 Å². The summed E-state index contributed by atoms with van der Waals surface area (Å²) in [6, 6.07) is -0.0425. The van der Waals surface area contributed by atoms with Gasteiger partial charge in [0.15, 0.2) is 0 Å². The fraction of sp³-hybridized carbons (Fsp3) is 1.00. The average Bonchev–Trinajstić information content (AvgIpc) is 2.12. The molecule has 5 nitrogen and oxygen atoms in total. The van der Waals surface area contributed by atoms with Gasteiger partial charge in [-0.1, -0.05) is 13.8 Å². The van der Waals surface area contributed by atoms with E-state index in [0.717, 1.165) is 6.42 Å². The Labute approximate surface area is 118 Å². The fourth-order valence-electron chi connectivity index (χ4n) is 1.88. The number of hydrogen-bond acceptors (Lipinski definition) is 4. The summed E-state index contributed by atoms with van der Waals surface area (Å²) in [5.74, 6) is 0.479. The largest absolute Gasteiger partial charge is 0.378 e. The maximum Gasteiger partial charge on any atom is 0.214 e. The minimum Gasteiger partial charge on any atom is -0.378 e. The van der Waals surface area contributed by atoms with E-state index < -0.39 is 10.0 Å². The van der Waals surface area contributed by atoms with Crippen molar-refractivity contribution < 1.29 is 13.2 Å². The number of hydrogen-bond donors (Lipinski definition) is 1. The Morgan fingerprint density at radius 1 is 1.16 bits per heavy atom. The molecule has 0 aromatic heterocycles. The molecule has 0 aromatic rings. The standard InChI is InChI=1S/C13H30N2O3S/c1-11(2)9-13(10-15(5)6)14-19(16,17)8-7-18-12(3)4/h11-14H,7-10H2,1-6H3/t13-/m1/s1. The highest BCUT2D eigenvalue weighted by molar-refractivity contribution is 7.89. The summed E-state index contributed by atoms with van der Waals surface area (Å²) in [4.78, 5) is 2.00. The van der Waals surface area contributed by atoms with Gasteiger partial charge in [0.1, 0.15) is 0 Å². The topological polar surface area (TPSA) is 58.6 Å². The van der Waals surface area contributed by atoms with Gasteiger partial charge in [0.05, 0.1) is 18.5 Å². The summed E-state index contributed by atoms with van der Waals surface area (Å²) < 4.78 is 32.0. The zero-order valence-corrected chi connectivity index (χ0v) is 14.0. The highest BCUT2D eigenvalue weighted by atomic mass is 32.2. The summed E-state index contributed by atoms with van der Waals surface area (Å²) in [5, 5.41) is 0. The Hall–Kier alpha value is -0.170. The highest BCUT2D eigenvalue weighted by Crippen LogP contribution is 2.07. The first-order valence-corrected chi connectivity index (χ1v) is 8.54. The molecule has 0 aliphatic heterocycles. The van der Waals surface area contributed by atoms with Gasteiger partial charge in [-0.15, -0.1) is 0 Å². The van der Waals surface area contributed by atoms with E-state index in [0.29, 0.717) is 12.5 Å². The third-order valence-corrected chi connectivity index (χ3v) is 3.89. The zero-order chi connectivity index (χ0) is 15.1. The van der Waals surface area contributed by atoms with Crippen LogP contribution < -0.4 is 4.72 Å². The van der Waals surface area contributed by atoms with E-state index in [4.69, 9.17) is 4.74 Å². The molecule has 0 saturated carbocycles. The second-order valence-corrected chi connectivity index (χ2v) is 7.82. The molecular formula is C13H30N2O3S. The van der Waals surface area contributed by atoms with Crippen LogP contribution in [0, 0.1) is 5.92 Å². The lowest BCUT2D eigenvalue weighted by molar-refractivity contribution is 0.0911. The molecule has 1 atom stereocenters. The predicted octanol–water partition coefficient (Wildman–Crippen LogP) is 1.31. The molecule has 0 heterocycles. The van der Waals surface area contributed by atoms with Crippen LogP contribution in [0.2, 0.25) is 0 Å². The SMILES string of the molecule is CC(C)C[C@H](CN(C)C)NS(=O)(=O)CCOC(C)C. The first-order chi connectivity index (χ1) is 8.62. The van der Waals surface area contributed by atoms with Crippen LogP contribution in [-0.2, 0) is 14.8 Å². The number of likely N-dealkylation sites (N-methyl/N-ethyl adjacent to an activating group) is 1. The Morgan fingerprint density at radius 2 is 1.74 bits per heavy atom. The van der Waals surface area contributed by atoms with E-state index in [1.54, 1.807) is 0 Å². The normalized spacial score (nSPS) is 14.6. The number of ether oxygens (including phenoxy) is 1. The summed E-state index contributed by atoms with van der Waals surface area (Å²) in [7, 11) is 0.626. The first kappa shape index (κ1) is 18.8. The molecule has 1 N–H and O–H groups in total. The van der Waals surface area contributed by atoms with Gasteiger partial charge in [-0.25, -0.2) is 13.1 Å². The molecule has 0 unspecified atom stereocenters. The number of nitrogens with one attached hydrogen (secondary N) is 1. The van der Waals surface area contributed by atoms with Gasteiger partial charge < -0.3 is 9.64 Å². The van der Waals surface area contributed by atoms with E-state index in [9.17, 15) is 8.42 Å². The minimum atomic E-state index is -3.27. The van der Waals surface area contributed by atoms with Crippen LogP contribution in [0.25, 0.3) is 0 Å². The van der Waals surface area contributed by atoms with E-state index in [2.05, 4.69) is 18.6 Å². The molecule has 116 valence electrons. The Kier molecular flexibility index (Phi) is 8.81. The molecule has 0 fully saturated rings. The Balaban J connectivity index is 4.37. The van der Waals surface area contributed by atoms with E-state index >= 15 is 0 Å². The first-order valence-electron chi connectivity index (χ1n) is 6.88. The van der Waals surface area contributed by atoms with Crippen LogP contribution in [0.4, 0.5) is 0 Å². The van der Waals surface area contributed by atoms with E-state index in [-0.39, 0.29) is 24.5 Å². The summed E-state index contributed by atoms with van der Waals surface area (Å²) in [6.45, 7) is 8.94. The van der Waals surface area contributed by atoms with Crippen LogP contribution in [-0.4, -0.2) is 58.5 Å². The molecule has 0 saturated heterocycles. The van der Waals surface area contributed by atoms with Gasteiger partial charge >= 0.3 is 0 Å². The van der Waals surface area contributed by atoms with Crippen molar-refractivity contribution in [1.29, 1.82) is 0 Å². The zero-order valence-electron chi connectivity index (χ0n) is 13.1. The van der Waals surface area contributed by atoms with Crippen molar-refractivity contribution in [2.24, 2.45) is 5.92 Å². The van der Waals surface area contributed by atoms with E-state index in [1.165, 1.54) is 0 Å². The maximum atomic E-state index is 12.0. The molecular weight excluding hydrogens is 264 g/mol. The number of sulfonamides is 1. The quantitative estimate of drug-likeness (QED) is 0.660. The average molecular weight is 294 g/mol. The molecule has 0 bridgehead atoms. The van der Waals surface area contributed by atoms with Crippen LogP contribution in [0.3, 0.4) is 0 Å². The van der Waals surface area contributed by atoms with Crippen molar-refractivity contribution >= 4 is 10.0 Å². The van der Waals surface area contributed by atoms with Crippen molar-refractivity contribution in [1.82, 2.24) is 9.62 Å². The van der Waals surface area contributed by atoms with E-state index in [1.807, 2.05) is 32.8 Å². The van der Waals surface area contributed by atoms with Gasteiger partial charge in [0.2, 0.25) is 10.0 Å². The smallest absolute Gasteiger partial charge is 0.214 e. The van der Waals surface area contributed by atoms with Crippen molar-refractivity contribution in [3.05, 3.63) is 0 Å². The van der Waals surface area contributed by atoms with Crippen molar-refractivity contribution in [3.8, 4) is 0 Å². The van der Waals surface area contributed by atoms with Gasteiger partial charge in [0.25, 0.3) is 0 Å². The summed E-state index contributed by atoms with van der Waals surface area (Å²) in [6.07, 6.45) is 0.894. The van der Waals surface area contributed by atoms with Crippen LogP contribution in [0.15, 0.2) is 0 Å². The van der Waals surface area contributed by atoms with Crippen LogP contribution in [0.1, 0.15) is 34.1 Å². The predicted molar refractivity (Wildman–Crippen MR) is 79.8 cm³/mol. The van der Waals surface area contributed by atoms with Crippen molar-refractivity contribution in [2.45, 2.75) is 46.3 Å². The third kappa shape index (κ3) is 11.4. The molecule has 0 spiro atoms.